The van der Waals surface area contributed by atoms with E-state index in [1.165, 1.54) is 12.1 Å². The summed E-state index contributed by atoms with van der Waals surface area (Å²) in [6, 6.07) is 6.76. The molecule has 0 N–H and O–H groups in total. The van der Waals surface area contributed by atoms with Gasteiger partial charge >= 0.3 is 0 Å². The van der Waals surface area contributed by atoms with E-state index in [4.69, 9.17) is 0 Å². The number of benzene rings is 1. The zero-order valence-electron chi connectivity index (χ0n) is 6.71. The van der Waals surface area contributed by atoms with Crippen LogP contribution in [0.4, 0.5) is 4.39 Å². The zero-order valence-corrected chi connectivity index (χ0v) is 6.71. The van der Waals surface area contributed by atoms with Crippen LogP contribution in [-0.2, 0) is 0 Å². The van der Waals surface area contributed by atoms with E-state index < -0.39 is 0 Å². The van der Waals surface area contributed by atoms with Gasteiger partial charge in [0.2, 0.25) is 0 Å². The van der Waals surface area contributed by atoms with Crippen molar-refractivity contribution in [1.29, 1.82) is 0 Å². The molecule has 0 spiro atoms. The van der Waals surface area contributed by atoms with Crippen LogP contribution in [0.2, 0.25) is 0 Å². The smallest absolute Gasteiger partial charge is 0.125 e. The fourth-order valence-electron chi connectivity index (χ4n) is 1.32. The van der Waals surface area contributed by atoms with Crippen molar-refractivity contribution in [3.8, 4) is 0 Å². The molecule has 0 bridgehead atoms. The first kappa shape index (κ1) is 7.22. The van der Waals surface area contributed by atoms with Gasteiger partial charge in [0.25, 0.3) is 0 Å². The lowest BCUT2D eigenvalue weighted by atomic mass is 10.1. The number of aryl methyl sites for hydroxylation is 1. The van der Waals surface area contributed by atoms with Gasteiger partial charge in [0.15, 0.2) is 0 Å². The van der Waals surface area contributed by atoms with Gasteiger partial charge in [-0.2, -0.15) is 0 Å². The highest BCUT2D eigenvalue weighted by atomic mass is 19.1. The third-order valence-corrected chi connectivity index (χ3v) is 1.89. The van der Waals surface area contributed by atoms with Gasteiger partial charge in [-0.25, -0.2) is 4.39 Å². The number of nitrogens with zero attached hydrogens (tertiary/aromatic N) is 1. The molecule has 60 valence electrons. The molecule has 0 aliphatic carbocycles. The molecule has 1 aromatic carbocycles. The van der Waals surface area contributed by atoms with Crippen LogP contribution < -0.4 is 0 Å². The number of hydrogen-bond donors (Lipinski definition) is 0. The van der Waals surface area contributed by atoms with E-state index >= 15 is 0 Å². The van der Waals surface area contributed by atoms with Crippen LogP contribution in [0.1, 0.15) is 5.56 Å². The number of hydrogen-bond acceptors (Lipinski definition) is 1. The Kier molecular flexibility index (Phi) is 1.54. The Morgan fingerprint density at radius 1 is 1.33 bits per heavy atom. The van der Waals surface area contributed by atoms with Crippen LogP contribution in [0.15, 0.2) is 30.5 Å². The standard InChI is InChI=1S/C10H8FN/c1-7-5-8(11)6-10-9(7)3-2-4-12-10/h2-6H,1H3. The molecule has 0 unspecified atom stereocenters. The van der Waals surface area contributed by atoms with Crippen molar-refractivity contribution in [2.75, 3.05) is 0 Å². The highest BCUT2D eigenvalue weighted by molar-refractivity contribution is 5.81. The van der Waals surface area contributed by atoms with Crippen LogP contribution in [-0.4, -0.2) is 4.98 Å². The summed E-state index contributed by atoms with van der Waals surface area (Å²) >= 11 is 0. The van der Waals surface area contributed by atoms with Gasteiger partial charge in [0.1, 0.15) is 5.82 Å². The maximum Gasteiger partial charge on any atom is 0.125 e. The van der Waals surface area contributed by atoms with Crippen LogP contribution in [0, 0.1) is 12.7 Å². The van der Waals surface area contributed by atoms with E-state index in [2.05, 4.69) is 4.98 Å². The van der Waals surface area contributed by atoms with Gasteiger partial charge in [-0.1, -0.05) is 6.07 Å². The van der Waals surface area contributed by atoms with Gasteiger partial charge in [0, 0.05) is 17.6 Å². The van der Waals surface area contributed by atoms with Crippen molar-refractivity contribution >= 4 is 10.9 Å². The molecule has 2 aromatic rings. The number of pyridine rings is 1. The van der Waals surface area contributed by atoms with E-state index in [-0.39, 0.29) is 5.82 Å². The minimum atomic E-state index is -0.223. The van der Waals surface area contributed by atoms with Crippen molar-refractivity contribution in [2.45, 2.75) is 6.92 Å². The van der Waals surface area contributed by atoms with Gasteiger partial charge in [-0.05, 0) is 24.6 Å². The Hall–Kier alpha value is -1.44. The van der Waals surface area contributed by atoms with Gasteiger partial charge in [0.05, 0.1) is 5.52 Å². The fourth-order valence-corrected chi connectivity index (χ4v) is 1.32. The second kappa shape index (κ2) is 2.55. The molecule has 1 nitrogen and oxygen atoms in total. The number of halogens is 1. The first-order chi connectivity index (χ1) is 5.77. The largest absolute Gasteiger partial charge is 0.256 e. The summed E-state index contributed by atoms with van der Waals surface area (Å²) in [7, 11) is 0. The second-order valence-corrected chi connectivity index (χ2v) is 2.79. The molecule has 0 saturated heterocycles. The third-order valence-electron chi connectivity index (χ3n) is 1.89. The Morgan fingerprint density at radius 3 is 3.00 bits per heavy atom. The lowest BCUT2D eigenvalue weighted by Crippen LogP contribution is -1.83. The van der Waals surface area contributed by atoms with Crippen LogP contribution in [0.3, 0.4) is 0 Å². The maximum absolute atomic E-state index is 12.9. The fraction of sp³-hybridized carbons (Fsp3) is 0.100. The summed E-state index contributed by atoms with van der Waals surface area (Å²) < 4.78 is 12.9. The molecule has 1 aromatic heterocycles. The van der Waals surface area contributed by atoms with Crippen molar-refractivity contribution in [3.05, 3.63) is 41.8 Å². The van der Waals surface area contributed by atoms with E-state index in [1.54, 1.807) is 6.20 Å². The lowest BCUT2D eigenvalue weighted by molar-refractivity contribution is 0.628. The van der Waals surface area contributed by atoms with Gasteiger partial charge in [-0.15, -0.1) is 0 Å². The summed E-state index contributed by atoms with van der Waals surface area (Å²) in [5.74, 6) is -0.223. The lowest BCUT2D eigenvalue weighted by Gasteiger charge is -1.99. The average Bonchev–Trinajstić information content (AvgIpc) is 2.04. The van der Waals surface area contributed by atoms with Crippen LogP contribution >= 0.6 is 0 Å². The molecular weight excluding hydrogens is 153 g/mol. The number of rotatable bonds is 0. The van der Waals surface area contributed by atoms with Crippen LogP contribution in [0.25, 0.3) is 10.9 Å². The molecule has 0 atom stereocenters. The van der Waals surface area contributed by atoms with Gasteiger partial charge in [-0.3, -0.25) is 4.98 Å². The molecule has 12 heavy (non-hydrogen) atoms. The first-order valence-electron chi connectivity index (χ1n) is 3.78. The van der Waals surface area contributed by atoms with Crippen molar-refractivity contribution in [2.24, 2.45) is 0 Å². The van der Waals surface area contributed by atoms with Gasteiger partial charge < -0.3 is 0 Å². The van der Waals surface area contributed by atoms with Crippen molar-refractivity contribution in [1.82, 2.24) is 4.98 Å². The minimum Gasteiger partial charge on any atom is -0.256 e. The zero-order chi connectivity index (χ0) is 8.55. The molecule has 0 amide bonds. The first-order valence-corrected chi connectivity index (χ1v) is 3.78. The van der Waals surface area contributed by atoms with Crippen molar-refractivity contribution in [3.63, 3.8) is 0 Å². The van der Waals surface area contributed by atoms with Crippen molar-refractivity contribution < 1.29 is 4.39 Å². The average molecular weight is 161 g/mol. The molecule has 1 heterocycles. The predicted molar refractivity (Wildman–Crippen MR) is 46.4 cm³/mol. The quantitative estimate of drug-likeness (QED) is 0.578. The predicted octanol–water partition coefficient (Wildman–Crippen LogP) is 2.68. The monoisotopic (exact) mass is 161 g/mol. The molecule has 0 fully saturated rings. The van der Waals surface area contributed by atoms with Crippen LogP contribution in [0.5, 0.6) is 0 Å². The maximum atomic E-state index is 12.9. The second-order valence-electron chi connectivity index (χ2n) is 2.79. The molecule has 2 heteroatoms. The SMILES string of the molecule is Cc1cc(F)cc2ncccc12. The molecule has 2 rings (SSSR count). The van der Waals surface area contributed by atoms with E-state index in [0.29, 0.717) is 0 Å². The Balaban J connectivity index is 2.89. The summed E-state index contributed by atoms with van der Waals surface area (Å²) in [5, 5.41) is 1.01. The highest BCUT2D eigenvalue weighted by Crippen LogP contribution is 2.16. The third kappa shape index (κ3) is 1.05. The topological polar surface area (TPSA) is 12.9 Å². The molecule has 0 aliphatic rings. The van der Waals surface area contributed by atoms with E-state index in [9.17, 15) is 4.39 Å². The summed E-state index contributed by atoms with van der Waals surface area (Å²) in [4.78, 5) is 4.06. The summed E-state index contributed by atoms with van der Waals surface area (Å²) in [5.41, 5.74) is 1.65. The Labute approximate surface area is 69.9 Å². The molecule has 0 radical (unpaired) electrons. The normalized spacial score (nSPS) is 10.5. The summed E-state index contributed by atoms with van der Waals surface area (Å²) in [6.07, 6.45) is 1.67. The summed E-state index contributed by atoms with van der Waals surface area (Å²) in [6.45, 7) is 1.88. The highest BCUT2D eigenvalue weighted by Gasteiger charge is 1.99. The molecular formula is C10H8FN. The Bertz CT molecular complexity index is 423. The van der Waals surface area contributed by atoms with E-state index in [1.807, 2.05) is 19.1 Å². The van der Waals surface area contributed by atoms with E-state index in [0.717, 1.165) is 16.5 Å². The molecule has 0 aliphatic heterocycles. The Morgan fingerprint density at radius 2 is 2.17 bits per heavy atom. The number of fused-ring (bicyclic) bond motifs is 1. The minimum absolute atomic E-state index is 0.223. The molecule has 0 saturated carbocycles. The number of aromatic nitrogens is 1.